The van der Waals surface area contributed by atoms with Crippen LogP contribution in [0.15, 0.2) is 0 Å². The Labute approximate surface area is 130 Å². The smallest absolute Gasteiger partial charge is 0.241 e. The zero-order valence-corrected chi connectivity index (χ0v) is 14.4. The van der Waals surface area contributed by atoms with Crippen LogP contribution in [-0.4, -0.2) is 29.1 Å². The van der Waals surface area contributed by atoms with E-state index in [4.69, 9.17) is 0 Å². The van der Waals surface area contributed by atoms with Gasteiger partial charge >= 0.3 is 0 Å². The van der Waals surface area contributed by atoms with E-state index in [1.54, 1.807) is 0 Å². The van der Waals surface area contributed by atoms with Crippen LogP contribution in [-0.2, 0) is 4.79 Å². The van der Waals surface area contributed by atoms with Gasteiger partial charge in [-0.25, -0.2) is 0 Å². The molecule has 1 aliphatic heterocycles. The maximum absolute atomic E-state index is 12.9. The van der Waals surface area contributed by atoms with Crippen LogP contribution in [0, 0.1) is 11.8 Å². The van der Waals surface area contributed by atoms with E-state index < -0.39 is 0 Å². The third-order valence-electron chi connectivity index (χ3n) is 5.68. The summed E-state index contributed by atoms with van der Waals surface area (Å²) < 4.78 is 0. The molecule has 2 aliphatic rings. The second-order valence-corrected chi connectivity index (χ2v) is 7.26. The Morgan fingerprint density at radius 1 is 1.24 bits per heavy atom. The lowest BCUT2D eigenvalue weighted by Crippen LogP contribution is -2.47. The van der Waals surface area contributed by atoms with Crippen molar-refractivity contribution in [3.8, 4) is 0 Å². The van der Waals surface area contributed by atoms with Gasteiger partial charge in [0.2, 0.25) is 5.91 Å². The zero-order chi connectivity index (χ0) is 15.4. The third-order valence-corrected chi connectivity index (χ3v) is 5.68. The van der Waals surface area contributed by atoms with Crippen LogP contribution < -0.4 is 5.32 Å². The van der Waals surface area contributed by atoms with Crippen molar-refractivity contribution in [2.75, 3.05) is 0 Å². The summed E-state index contributed by atoms with van der Waals surface area (Å²) in [6, 6.07) is 0.425. The normalized spacial score (nSPS) is 30.1. The van der Waals surface area contributed by atoms with E-state index in [-0.39, 0.29) is 6.04 Å². The van der Waals surface area contributed by atoms with Crippen molar-refractivity contribution in [3.05, 3.63) is 0 Å². The fourth-order valence-corrected chi connectivity index (χ4v) is 4.04. The van der Waals surface area contributed by atoms with Crippen molar-refractivity contribution in [3.63, 3.8) is 0 Å². The summed E-state index contributed by atoms with van der Waals surface area (Å²) in [5.74, 6) is 1.47. The van der Waals surface area contributed by atoms with Gasteiger partial charge in [0, 0.05) is 6.04 Å². The summed E-state index contributed by atoms with van der Waals surface area (Å²) in [5, 5.41) is 3.72. The van der Waals surface area contributed by atoms with Crippen molar-refractivity contribution in [1.82, 2.24) is 10.2 Å². The Bertz CT molecular complexity index is 338. The molecular formula is C18H34N2O. The molecule has 1 aliphatic carbocycles. The summed E-state index contributed by atoms with van der Waals surface area (Å²) in [4.78, 5) is 15.2. The SMILES string of the molecule is CCCCC(C)N1C(=O)C(C(C)CC)NC1C1CCCC1. The molecule has 0 aromatic carbocycles. The summed E-state index contributed by atoms with van der Waals surface area (Å²) in [6.45, 7) is 8.87. The molecule has 1 saturated heterocycles. The lowest BCUT2D eigenvalue weighted by atomic mass is 9.99. The molecule has 3 heteroatoms. The first kappa shape index (κ1) is 16.8. The molecule has 2 rings (SSSR count). The third kappa shape index (κ3) is 3.61. The van der Waals surface area contributed by atoms with Crippen LogP contribution in [0.2, 0.25) is 0 Å². The maximum atomic E-state index is 12.9. The molecule has 4 unspecified atom stereocenters. The Morgan fingerprint density at radius 2 is 1.90 bits per heavy atom. The van der Waals surface area contributed by atoms with E-state index in [0.29, 0.717) is 30.0 Å². The lowest BCUT2D eigenvalue weighted by molar-refractivity contribution is -0.133. The van der Waals surface area contributed by atoms with Crippen LogP contribution >= 0.6 is 0 Å². The van der Waals surface area contributed by atoms with Gasteiger partial charge in [-0.15, -0.1) is 0 Å². The van der Waals surface area contributed by atoms with E-state index in [0.717, 1.165) is 12.8 Å². The number of carbonyl (C=O) groups excluding carboxylic acids is 1. The van der Waals surface area contributed by atoms with Crippen LogP contribution in [0.3, 0.4) is 0 Å². The highest BCUT2D eigenvalue weighted by Gasteiger charge is 2.46. The predicted octanol–water partition coefficient (Wildman–Crippen LogP) is 3.93. The average Bonchev–Trinajstić information content (AvgIpc) is 3.11. The highest BCUT2D eigenvalue weighted by molar-refractivity contribution is 5.85. The molecule has 0 spiro atoms. The second-order valence-electron chi connectivity index (χ2n) is 7.26. The molecule has 122 valence electrons. The van der Waals surface area contributed by atoms with Gasteiger partial charge in [0.1, 0.15) is 0 Å². The fraction of sp³-hybridized carbons (Fsp3) is 0.944. The van der Waals surface area contributed by atoms with Crippen molar-refractivity contribution < 1.29 is 4.79 Å². The number of unbranched alkanes of at least 4 members (excludes halogenated alkanes) is 1. The van der Waals surface area contributed by atoms with Gasteiger partial charge in [0.05, 0.1) is 12.2 Å². The Hall–Kier alpha value is -0.570. The number of hydrogen-bond donors (Lipinski definition) is 1. The topological polar surface area (TPSA) is 32.3 Å². The number of rotatable bonds is 7. The van der Waals surface area contributed by atoms with Crippen LogP contribution in [0.1, 0.15) is 79.1 Å². The fourth-order valence-electron chi connectivity index (χ4n) is 4.04. The van der Waals surface area contributed by atoms with Gasteiger partial charge < -0.3 is 4.90 Å². The summed E-state index contributed by atoms with van der Waals surface area (Å²) in [6.07, 6.45) is 10.2. The summed E-state index contributed by atoms with van der Waals surface area (Å²) in [7, 11) is 0. The number of hydrogen-bond acceptors (Lipinski definition) is 2. The van der Waals surface area contributed by atoms with Gasteiger partial charge in [-0.05, 0) is 38.0 Å². The molecule has 1 saturated carbocycles. The molecule has 3 nitrogen and oxygen atoms in total. The Kier molecular flexibility index (Phi) is 6.09. The maximum Gasteiger partial charge on any atom is 0.241 e. The second kappa shape index (κ2) is 7.62. The molecule has 4 atom stereocenters. The summed E-state index contributed by atoms with van der Waals surface area (Å²) >= 11 is 0. The number of carbonyl (C=O) groups is 1. The van der Waals surface area contributed by atoms with Crippen molar-refractivity contribution >= 4 is 5.91 Å². The summed E-state index contributed by atoms with van der Waals surface area (Å²) in [5.41, 5.74) is 0. The minimum Gasteiger partial charge on any atom is -0.323 e. The van der Waals surface area contributed by atoms with E-state index in [9.17, 15) is 4.79 Å². The lowest BCUT2D eigenvalue weighted by Gasteiger charge is -2.34. The number of amides is 1. The minimum absolute atomic E-state index is 0.0460. The first-order valence-corrected chi connectivity index (χ1v) is 9.18. The van der Waals surface area contributed by atoms with Gasteiger partial charge in [-0.1, -0.05) is 52.9 Å². The van der Waals surface area contributed by atoms with Crippen LogP contribution in [0.5, 0.6) is 0 Å². The quantitative estimate of drug-likeness (QED) is 0.771. The molecule has 2 fully saturated rings. The number of nitrogens with one attached hydrogen (secondary N) is 1. The minimum atomic E-state index is 0.0460. The van der Waals surface area contributed by atoms with Gasteiger partial charge in [0.15, 0.2) is 0 Å². The van der Waals surface area contributed by atoms with E-state index >= 15 is 0 Å². The van der Waals surface area contributed by atoms with Gasteiger partial charge in [0.25, 0.3) is 0 Å². The standard InChI is InChI=1S/C18H34N2O/c1-5-7-10-14(4)20-17(15-11-8-9-12-15)19-16(18(20)21)13(3)6-2/h13-17,19H,5-12H2,1-4H3. The molecule has 1 heterocycles. The highest BCUT2D eigenvalue weighted by Crippen LogP contribution is 2.35. The van der Waals surface area contributed by atoms with Gasteiger partial charge in [-0.2, -0.15) is 0 Å². The molecule has 0 aromatic rings. The zero-order valence-electron chi connectivity index (χ0n) is 14.4. The molecule has 1 N–H and O–H groups in total. The Balaban J connectivity index is 2.12. The van der Waals surface area contributed by atoms with Crippen molar-refractivity contribution in [1.29, 1.82) is 0 Å². The van der Waals surface area contributed by atoms with E-state index in [1.165, 1.54) is 38.5 Å². The largest absolute Gasteiger partial charge is 0.323 e. The molecular weight excluding hydrogens is 260 g/mol. The average molecular weight is 294 g/mol. The molecule has 1 amide bonds. The monoisotopic (exact) mass is 294 g/mol. The van der Waals surface area contributed by atoms with Crippen LogP contribution in [0.25, 0.3) is 0 Å². The van der Waals surface area contributed by atoms with Gasteiger partial charge in [-0.3, -0.25) is 10.1 Å². The highest BCUT2D eigenvalue weighted by atomic mass is 16.2. The first-order chi connectivity index (χ1) is 10.1. The van der Waals surface area contributed by atoms with Crippen LogP contribution in [0.4, 0.5) is 0 Å². The first-order valence-electron chi connectivity index (χ1n) is 9.18. The Morgan fingerprint density at radius 3 is 2.48 bits per heavy atom. The molecule has 21 heavy (non-hydrogen) atoms. The van der Waals surface area contributed by atoms with E-state index in [1.807, 2.05) is 0 Å². The molecule has 0 aromatic heterocycles. The van der Waals surface area contributed by atoms with Crippen molar-refractivity contribution in [2.24, 2.45) is 11.8 Å². The molecule has 0 radical (unpaired) electrons. The van der Waals surface area contributed by atoms with E-state index in [2.05, 4.69) is 37.9 Å². The van der Waals surface area contributed by atoms with Crippen molar-refractivity contribution in [2.45, 2.75) is 97.3 Å². The number of nitrogens with zero attached hydrogens (tertiary/aromatic N) is 1. The molecule has 0 bridgehead atoms. The predicted molar refractivity (Wildman–Crippen MR) is 88.0 cm³/mol.